The van der Waals surface area contributed by atoms with Crippen LogP contribution in [0, 0.1) is 7.14 Å². The second-order valence-corrected chi connectivity index (χ2v) is 8.16. The number of ether oxygens (including phenoxy) is 1. The fourth-order valence-corrected chi connectivity index (χ4v) is 4.20. The van der Waals surface area contributed by atoms with Gasteiger partial charge in [0.05, 0.1) is 13.4 Å². The third kappa shape index (κ3) is 5.74. The normalized spacial score (nSPS) is 10.8. The average Bonchev–Trinajstić information content (AvgIpc) is 2.51. The first kappa shape index (κ1) is 19.7. The Kier molecular flexibility index (Phi) is 7.57. The zero-order valence-corrected chi connectivity index (χ0v) is 18.6. The number of phenolic OH excluding ortho intramolecular Hbond substituents is 1. The average molecular weight is 635 g/mol. The number of nitrogens with one attached hydrogen (secondary N) is 1. The maximum Gasteiger partial charge on any atom is 0.277 e. The molecule has 1 amide bonds. The molecule has 9 heteroatoms. The number of hydrogen-bond acceptors (Lipinski definition) is 4. The van der Waals surface area contributed by atoms with Gasteiger partial charge in [-0.15, -0.1) is 0 Å². The van der Waals surface area contributed by atoms with E-state index in [-0.39, 0.29) is 12.4 Å². The van der Waals surface area contributed by atoms with Crippen LogP contribution in [0.3, 0.4) is 0 Å². The first-order valence-corrected chi connectivity index (χ1v) is 9.77. The van der Waals surface area contributed by atoms with Gasteiger partial charge in [-0.05, 0) is 75.5 Å². The summed E-state index contributed by atoms with van der Waals surface area (Å²) in [5, 5.41) is 14.3. The minimum absolute atomic E-state index is 0.101. The van der Waals surface area contributed by atoms with E-state index in [0.29, 0.717) is 19.9 Å². The second kappa shape index (κ2) is 9.20. The first-order chi connectivity index (χ1) is 11.4. The molecule has 0 bridgehead atoms. The Morgan fingerprint density at radius 2 is 2.08 bits per heavy atom. The van der Waals surface area contributed by atoms with Crippen LogP contribution in [0.25, 0.3) is 0 Å². The first-order valence-electron chi connectivity index (χ1n) is 6.44. The highest BCUT2D eigenvalue weighted by Gasteiger charge is 2.07. The molecule has 2 N–H and O–H groups in total. The fourth-order valence-electron chi connectivity index (χ4n) is 1.63. The van der Waals surface area contributed by atoms with Gasteiger partial charge in [0.2, 0.25) is 0 Å². The van der Waals surface area contributed by atoms with Crippen LogP contribution in [0.15, 0.2) is 39.9 Å². The van der Waals surface area contributed by atoms with Crippen LogP contribution in [0.4, 0.5) is 0 Å². The number of phenols is 1. The molecule has 0 saturated carbocycles. The van der Waals surface area contributed by atoms with E-state index in [1.807, 2.05) is 22.6 Å². The summed E-state index contributed by atoms with van der Waals surface area (Å²) in [6.45, 7) is -0.184. The van der Waals surface area contributed by atoms with Gasteiger partial charge in [-0.3, -0.25) is 4.79 Å². The summed E-state index contributed by atoms with van der Waals surface area (Å²) >= 11 is 13.3. The van der Waals surface area contributed by atoms with Crippen molar-refractivity contribution >= 4 is 84.8 Å². The number of hydrogen-bond donors (Lipinski definition) is 2. The van der Waals surface area contributed by atoms with Gasteiger partial charge >= 0.3 is 0 Å². The molecule has 0 aliphatic carbocycles. The summed E-state index contributed by atoms with van der Waals surface area (Å²) in [6, 6.07) is 8.59. The van der Waals surface area contributed by atoms with Gasteiger partial charge in [-0.1, -0.05) is 27.5 Å². The molecule has 2 rings (SSSR count). The Morgan fingerprint density at radius 1 is 1.33 bits per heavy atom. The van der Waals surface area contributed by atoms with Crippen LogP contribution < -0.4 is 10.2 Å². The van der Waals surface area contributed by atoms with E-state index >= 15 is 0 Å². The van der Waals surface area contributed by atoms with E-state index in [4.69, 9.17) is 16.3 Å². The monoisotopic (exact) mass is 634 g/mol. The highest BCUT2D eigenvalue weighted by Crippen LogP contribution is 2.27. The van der Waals surface area contributed by atoms with Gasteiger partial charge < -0.3 is 9.84 Å². The molecule has 0 saturated heterocycles. The van der Waals surface area contributed by atoms with Crippen molar-refractivity contribution in [1.82, 2.24) is 5.43 Å². The zero-order chi connectivity index (χ0) is 17.7. The lowest BCUT2D eigenvalue weighted by Crippen LogP contribution is -2.24. The number of halogens is 4. The summed E-state index contributed by atoms with van der Waals surface area (Å²) in [6.07, 6.45) is 1.37. The molecule has 126 valence electrons. The number of benzene rings is 2. The van der Waals surface area contributed by atoms with Crippen molar-refractivity contribution in [1.29, 1.82) is 0 Å². The van der Waals surface area contributed by atoms with E-state index in [0.717, 1.165) is 8.04 Å². The van der Waals surface area contributed by atoms with Crippen LogP contribution >= 0.6 is 72.7 Å². The number of hydrazone groups is 1. The summed E-state index contributed by atoms with van der Waals surface area (Å²) in [4.78, 5) is 11.8. The third-order valence-corrected chi connectivity index (χ3v) is 5.06. The summed E-state index contributed by atoms with van der Waals surface area (Å²) in [5.74, 6) is 0.253. The number of carbonyl (C=O) groups excluding carboxylic acids is 1. The van der Waals surface area contributed by atoms with Gasteiger partial charge in [-0.2, -0.15) is 5.10 Å². The lowest BCUT2D eigenvalue weighted by molar-refractivity contribution is -0.123. The molecular weight excluding hydrogens is 625 g/mol. The predicted molar refractivity (Wildman–Crippen MR) is 114 cm³/mol. The fraction of sp³-hybridized carbons (Fsp3) is 0.0667. The molecule has 2 aromatic carbocycles. The topological polar surface area (TPSA) is 70.9 Å². The molecular formula is C15H10BrClI2N2O3. The summed E-state index contributed by atoms with van der Waals surface area (Å²) in [7, 11) is 0. The van der Waals surface area contributed by atoms with Crippen LogP contribution in [0.5, 0.6) is 11.5 Å². The lowest BCUT2D eigenvalue weighted by atomic mass is 10.2. The minimum Gasteiger partial charge on any atom is -0.506 e. The highest BCUT2D eigenvalue weighted by molar-refractivity contribution is 14.1. The van der Waals surface area contributed by atoms with Crippen LogP contribution in [-0.4, -0.2) is 23.8 Å². The number of rotatable bonds is 5. The molecule has 0 unspecified atom stereocenters. The second-order valence-electron chi connectivity index (χ2n) is 4.48. The van der Waals surface area contributed by atoms with E-state index in [1.54, 1.807) is 30.3 Å². The Morgan fingerprint density at radius 3 is 2.79 bits per heavy atom. The van der Waals surface area contributed by atoms with Gasteiger partial charge in [0.1, 0.15) is 11.5 Å². The van der Waals surface area contributed by atoms with Crippen LogP contribution in [0.2, 0.25) is 5.02 Å². The maximum absolute atomic E-state index is 11.8. The number of aromatic hydroxyl groups is 1. The molecule has 5 nitrogen and oxygen atoms in total. The van der Waals surface area contributed by atoms with Gasteiger partial charge in [0, 0.05) is 15.1 Å². The summed E-state index contributed by atoms with van der Waals surface area (Å²) < 4.78 is 7.70. The van der Waals surface area contributed by atoms with Crippen molar-refractivity contribution in [3.05, 3.63) is 52.5 Å². The Labute approximate surface area is 179 Å². The predicted octanol–water partition coefficient (Wildman–Crippen LogP) is 4.55. The van der Waals surface area contributed by atoms with Gasteiger partial charge in [0.15, 0.2) is 6.61 Å². The molecule has 0 heterocycles. The molecule has 0 spiro atoms. The molecule has 0 radical (unpaired) electrons. The standard InChI is InChI=1S/C15H10BrClI2N2O3/c16-9-3-8(15(23)12(19)4-9)6-20-21-14(22)7-24-13-2-1-10(17)5-11(13)18/h1-6,23H,7H2,(H,21,22)/b20-6-. The maximum atomic E-state index is 11.8. The molecule has 2 aromatic rings. The summed E-state index contributed by atoms with van der Waals surface area (Å²) in [5.41, 5.74) is 2.83. The molecule has 0 aliphatic heterocycles. The van der Waals surface area contributed by atoms with Crippen molar-refractivity contribution in [3.63, 3.8) is 0 Å². The van der Waals surface area contributed by atoms with Gasteiger partial charge in [-0.25, -0.2) is 5.43 Å². The molecule has 0 aliphatic rings. The quantitative estimate of drug-likeness (QED) is 0.288. The number of amides is 1. The highest BCUT2D eigenvalue weighted by atomic mass is 127. The Hall–Kier alpha value is -0.590. The van der Waals surface area contributed by atoms with E-state index in [9.17, 15) is 9.90 Å². The Balaban J connectivity index is 1.91. The van der Waals surface area contributed by atoms with Crippen molar-refractivity contribution in [2.75, 3.05) is 6.61 Å². The molecule has 0 aromatic heterocycles. The van der Waals surface area contributed by atoms with E-state index in [2.05, 4.69) is 49.0 Å². The number of nitrogens with zero attached hydrogens (tertiary/aromatic N) is 1. The van der Waals surface area contributed by atoms with Crippen LogP contribution in [0.1, 0.15) is 5.56 Å². The van der Waals surface area contributed by atoms with Crippen molar-refractivity contribution < 1.29 is 14.6 Å². The van der Waals surface area contributed by atoms with Crippen molar-refractivity contribution in [2.24, 2.45) is 5.10 Å². The number of carbonyl (C=O) groups is 1. The largest absolute Gasteiger partial charge is 0.506 e. The van der Waals surface area contributed by atoms with E-state index < -0.39 is 5.91 Å². The molecule has 24 heavy (non-hydrogen) atoms. The zero-order valence-electron chi connectivity index (χ0n) is 11.9. The van der Waals surface area contributed by atoms with E-state index in [1.165, 1.54) is 6.21 Å². The molecule has 0 fully saturated rings. The third-order valence-electron chi connectivity index (χ3n) is 2.70. The van der Waals surface area contributed by atoms with Crippen molar-refractivity contribution in [2.45, 2.75) is 0 Å². The Bertz CT molecular complexity index is 803. The van der Waals surface area contributed by atoms with Gasteiger partial charge in [0.25, 0.3) is 5.91 Å². The lowest BCUT2D eigenvalue weighted by Gasteiger charge is -2.07. The SMILES string of the molecule is O=C(COc1ccc(Cl)cc1I)N/N=C\c1cc(Br)cc(I)c1O. The smallest absolute Gasteiger partial charge is 0.277 e. The van der Waals surface area contributed by atoms with Crippen LogP contribution in [-0.2, 0) is 4.79 Å². The minimum atomic E-state index is -0.416. The van der Waals surface area contributed by atoms with Crippen molar-refractivity contribution in [3.8, 4) is 11.5 Å². The molecule has 0 atom stereocenters.